The second-order valence-corrected chi connectivity index (χ2v) is 11.0. The van der Waals surface area contributed by atoms with E-state index in [-0.39, 0.29) is 0 Å². The third-order valence-corrected chi connectivity index (χ3v) is 4.46. The van der Waals surface area contributed by atoms with Gasteiger partial charge in [-0.1, -0.05) is 61.2 Å². The monoisotopic (exact) mass is 230 g/mol. The van der Waals surface area contributed by atoms with E-state index < -0.39 is 8.07 Å². The van der Waals surface area contributed by atoms with E-state index in [1.165, 1.54) is 24.8 Å². The molecule has 0 aromatic heterocycles. The van der Waals surface area contributed by atoms with Gasteiger partial charge in [0.05, 0.1) is 8.07 Å². The molecular formula is C15H22Si. The summed E-state index contributed by atoms with van der Waals surface area (Å²) in [6, 6.07) is 11.0. The molecule has 1 aliphatic rings. The molecule has 0 N–H and O–H groups in total. The van der Waals surface area contributed by atoms with Crippen LogP contribution in [0.1, 0.15) is 30.7 Å². The second-order valence-electron chi connectivity index (χ2n) is 5.94. The Morgan fingerprint density at radius 3 is 2.44 bits per heavy atom. The fourth-order valence-corrected chi connectivity index (χ4v) is 4.12. The van der Waals surface area contributed by atoms with Gasteiger partial charge in [-0.05, 0) is 24.8 Å². The van der Waals surface area contributed by atoms with E-state index in [2.05, 4.69) is 55.7 Å². The quantitative estimate of drug-likeness (QED) is 0.643. The topological polar surface area (TPSA) is 0 Å². The van der Waals surface area contributed by atoms with Crippen molar-refractivity contribution in [2.75, 3.05) is 0 Å². The smallest absolute Gasteiger partial charge is 0.0686 e. The lowest BCUT2D eigenvalue weighted by atomic mass is 9.95. The molecule has 1 fully saturated rings. The van der Waals surface area contributed by atoms with Gasteiger partial charge in [0.2, 0.25) is 0 Å². The van der Waals surface area contributed by atoms with Crippen molar-refractivity contribution in [3.63, 3.8) is 0 Å². The van der Waals surface area contributed by atoms with E-state index in [0.717, 1.165) is 0 Å². The fourth-order valence-electron chi connectivity index (χ4n) is 2.66. The van der Waals surface area contributed by atoms with Crippen molar-refractivity contribution >= 4 is 8.07 Å². The first kappa shape index (κ1) is 11.7. The predicted molar refractivity (Wildman–Crippen MR) is 74.5 cm³/mol. The number of allylic oxidation sites excluding steroid dienone is 1. The minimum absolute atomic E-state index is 0.716. The van der Waals surface area contributed by atoms with Crippen LogP contribution in [0.15, 0.2) is 41.6 Å². The first-order chi connectivity index (χ1) is 7.56. The zero-order valence-electron chi connectivity index (χ0n) is 10.7. The fraction of sp³-hybridized carbons (Fsp3) is 0.467. The van der Waals surface area contributed by atoms with E-state index >= 15 is 0 Å². The molecule has 1 unspecified atom stereocenters. The van der Waals surface area contributed by atoms with Crippen LogP contribution in [0, 0.1) is 0 Å². The van der Waals surface area contributed by atoms with Crippen molar-refractivity contribution in [1.29, 1.82) is 0 Å². The molecule has 0 radical (unpaired) electrons. The maximum atomic E-state index is 2.62. The van der Waals surface area contributed by atoms with Crippen LogP contribution in [0.4, 0.5) is 0 Å². The van der Waals surface area contributed by atoms with E-state index in [1.54, 1.807) is 5.57 Å². The molecule has 1 aliphatic carbocycles. The molecule has 16 heavy (non-hydrogen) atoms. The van der Waals surface area contributed by atoms with Crippen LogP contribution in [0.5, 0.6) is 0 Å². The van der Waals surface area contributed by atoms with E-state index in [9.17, 15) is 0 Å². The third-order valence-electron chi connectivity index (χ3n) is 3.23. The SMILES string of the molecule is C[Si](C)(C)/C=C1/CCCC1c1ccccc1. The summed E-state index contributed by atoms with van der Waals surface area (Å²) in [4.78, 5) is 0. The molecule has 0 amide bonds. The highest BCUT2D eigenvalue weighted by molar-refractivity contribution is 6.81. The Labute approximate surface area is 100 Å². The van der Waals surface area contributed by atoms with E-state index in [1.807, 2.05) is 0 Å². The van der Waals surface area contributed by atoms with Crippen molar-refractivity contribution < 1.29 is 0 Å². The Balaban J connectivity index is 2.26. The molecule has 0 aliphatic heterocycles. The molecule has 0 bridgehead atoms. The Bertz CT molecular complexity index is 370. The Morgan fingerprint density at radius 1 is 1.12 bits per heavy atom. The molecule has 1 aromatic carbocycles. The lowest BCUT2D eigenvalue weighted by Gasteiger charge is -2.17. The van der Waals surface area contributed by atoms with Gasteiger partial charge in [0, 0.05) is 5.92 Å². The minimum atomic E-state index is -1.06. The molecule has 0 nitrogen and oxygen atoms in total. The summed E-state index contributed by atoms with van der Waals surface area (Å²) >= 11 is 0. The molecule has 1 heteroatoms. The summed E-state index contributed by atoms with van der Waals surface area (Å²) in [6.45, 7) is 7.29. The van der Waals surface area contributed by atoms with Gasteiger partial charge in [-0.3, -0.25) is 0 Å². The summed E-state index contributed by atoms with van der Waals surface area (Å²) < 4.78 is 0. The molecule has 1 atom stereocenters. The molecule has 0 heterocycles. The van der Waals surface area contributed by atoms with Crippen LogP contribution in [0.3, 0.4) is 0 Å². The van der Waals surface area contributed by atoms with Gasteiger partial charge in [0.15, 0.2) is 0 Å². The van der Waals surface area contributed by atoms with Crippen molar-refractivity contribution in [2.45, 2.75) is 44.8 Å². The van der Waals surface area contributed by atoms with Gasteiger partial charge in [-0.25, -0.2) is 0 Å². The van der Waals surface area contributed by atoms with Gasteiger partial charge in [0.1, 0.15) is 0 Å². The lowest BCUT2D eigenvalue weighted by Crippen LogP contribution is -2.17. The van der Waals surface area contributed by atoms with Gasteiger partial charge in [-0.2, -0.15) is 0 Å². The van der Waals surface area contributed by atoms with Gasteiger partial charge in [0.25, 0.3) is 0 Å². The largest absolute Gasteiger partial charge is 0.0952 e. The molecular weight excluding hydrogens is 208 g/mol. The number of hydrogen-bond acceptors (Lipinski definition) is 0. The Hall–Kier alpha value is -0.823. The van der Waals surface area contributed by atoms with Gasteiger partial charge in [-0.15, -0.1) is 0 Å². The first-order valence-electron chi connectivity index (χ1n) is 6.33. The Kier molecular flexibility index (Phi) is 3.34. The van der Waals surface area contributed by atoms with Crippen LogP contribution in [-0.4, -0.2) is 8.07 Å². The first-order valence-corrected chi connectivity index (χ1v) is 9.90. The van der Waals surface area contributed by atoms with Crippen LogP contribution >= 0.6 is 0 Å². The zero-order valence-corrected chi connectivity index (χ0v) is 11.7. The maximum Gasteiger partial charge on any atom is 0.0686 e. The number of benzene rings is 1. The van der Waals surface area contributed by atoms with E-state index in [0.29, 0.717) is 5.92 Å². The number of rotatable bonds is 2. The van der Waals surface area contributed by atoms with Crippen LogP contribution in [0.2, 0.25) is 19.6 Å². The standard InChI is InChI=1S/C15H22Si/c1-16(2,3)12-14-10-7-11-15(14)13-8-5-4-6-9-13/h4-6,8-9,12,15H,7,10-11H2,1-3H3/b14-12-. The predicted octanol–water partition coefficient (Wildman–Crippen LogP) is 4.76. The van der Waals surface area contributed by atoms with Crippen LogP contribution < -0.4 is 0 Å². The van der Waals surface area contributed by atoms with Crippen molar-refractivity contribution in [2.24, 2.45) is 0 Å². The molecule has 86 valence electrons. The van der Waals surface area contributed by atoms with Crippen LogP contribution in [-0.2, 0) is 0 Å². The minimum Gasteiger partial charge on any atom is -0.0952 e. The summed E-state index contributed by atoms with van der Waals surface area (Å²) in [6.07, 6.45) is 4.04. The van der Waals surface area contributed by atoms with Gasteiger partial charge >= 0.3 is 0 Å². The highest BCUT2D eigenvalue weighted by Crippen LogP contribution is 2.39. The number of hydrogen-bond donors (Lipinski definition) is 0. The second kappa shape index (κ2) is 4.58. The average molecular weight is 230 g/mol. The highest BCUT2D eigenvalue weighted by atomic mass is 28.3. The molecule has 1 aromatic rings. The molecule has 0 spiro atoms. The third kappa shape index (κ3) is 2.85. The molecule has 1 saturated carbocycles. The van der Waals surface area contributed by atoms with Gasteiger partial charge < -0.3 is 0 Å². The normalized spacial score (nSPS) is 23.9. The van der Waals surface area contributed by atoms with E-state index in [4.69, 9.17) is 0 Å². The Morgan fingerprint density at radius 2 is 1.81 bits per heavy atom. The summed E-state index contributed by atoms with van der Waals surface area (Å²) in [5.74, 6) is 0.716. The van der Waals surface area contributed by atoms with Crippen molar-refractivity contribution in [1.82, 2.24) is 0 Å². The maximum absolute atomic E-state index is 2.62. The zero-order chi connectivity index (χ0) is 11.6. The van der Waals surface area contributed by atoms with Crippen molar-refractivity contribution in [3.05, 3.63) is 47.2 Å². The summed E-state index contributed by atoms with van der Waals surface area (Å²) in [5, 5.41) is 0. The van der Waals surface area contributed by atoms with Crippen molar-refractivity contribution in [3.8, 4) is 0 Å². The molecule has 2 rings (SSSR count). The lowest BCUT2D eigenvalue weighted by molar-refractivity contribution is 0.792. The van der Waals surface area contributed by atoms with Crippen LogP contribution in [0.25, 0.3) is 0 Å². The summed E-state index contributed by atoms with van der Waals surface area (Å²) in [7, 11) is -1.06. The summed E-state index contributed by atoms with van der Waals surface area (Å²) in [5.41, 5.74) is 5.85. The average Bonchev–Trinajstić information content (AvgIpc) is 2.64. The highest BCUT2D eigenvalue weighted by Gasteiger charge is 2.24. The molecule has 0 saturated heterocycles.